The van der Waals surface area contributed by atoms with Gasteiger partial charge in [-0.3, -0.25) is 9.59 Å². The van der Waals surface area contributed by atoms with E-state index in [0.29, 0.717) is 50.6 Å². The first-order chi connectivity index (χ1) is 41.8. The minimum atomic E-state index is -1.51. The van der Waals surface area contributed by atoms with Gasteiger partial charge < -0.3 is 39.6 Å². The van der Waals surface area contributed by atoms with Gasteiger partial charge >= 0.3 is 7.12 Å². The first-order valence-electron chi connectivity index (χ1n) is 29.5. The molecule has 0 spiro atoms. The molecule has 4 N–H and O–H groups in total. The molecule has 7 aromatic carbocycles. The minimum Gasteiger partial charge on any atom is -0.490 e. The van der Waals surface area contributed by atoms with Crippen molar-refractivity contribution in [3.8, 4) is 56.4 Å². The van der Waals surface area contributed by atoms with Crippen LogP contribution in [0.2, 0.25) is 0 Å². The Morgan fingerprint density at radius 2 is 0.779 bits per heavy atom. The molecule has 86 heavy (non-hydrogen) atoms. The second-order valence-electron chi connectivity index (χ2n) is 22.1. The average molecular weight is 1230 g/mol. The average Bonchev–Trinajstić information content (AvgIpc) is 2.74. The molecule has 4 saturated carbocycles. The van der Waals surface area contributed by atoms with Crippen LogP contribution in [0, 0.1) is 23.4 Å². The Labute approximate surface area is 507 Å². The molecule has 0 bridgehead atoms. The Morgan fingerprint density at radius 1 is 0.430 bits per heavy atom. The van der Waals surface area contributed by atoms with Crippen LogP contribution in [0.3, 0.4) is 0 Å². The number of halogens is 5. The van der Waals surface area contributed by atoms with Gasteiger partial charge in [0.05, 0.1) is 28.9 Å². The minimum absolute atomic E-state index is 0.122. The number of hydrogen-bond acceptors (Lipinski definition) is 9. The number of nitrogens with zero attached hydrogens (tertiary/aromatic N) is 1. The molecular weight excluding hydrogens is 1170 g/mol. The van der Waals surface area contributed by atoms with E-state index in [1.165, 1.54) is 86.5 Å². The number of anilines is 2. The number of nitrogens with one attached hydrogen (secondary N) is 2. The zero-order valence-electron chi connectivity index (χ0n) is 47.5. The summed E-state index contributed by atoms with van der Waals surface area (Å²) in [5.41, 5.74) is 7.10. The first-order valence-corrected chi connectivity index (χ1v) is 30.3. The van der Waals surface area contributed by atoms with E-state index in [0.717, 1.165) is 115 Å². The molecular formula is C69H67BBrF4N3O8. The predicted molar refractivity (Wildman–Crippen MR) is 331 cm³/mol. The van der Waals surface area contributed by atoms with Crippen molar-refractivity contribution in [1.29, 1.82) is 0 Å². The lowest BCUT2D eigenvalue weighted by atomic mass is 9.80. The van der Waals surface area contributed by atoms with E-state index >= 15 is 0 Å². The summed E-state index contributed by atoms with van der Waals surface area (Å²) in [6.07, 6.45) is 19.7. The van der Waals surface area contributed by atoms with Crippen molar-refractivity contribution in [2.45, 2.75) is 127 Å². The molecule has 4 aliphatic rings. The van der Waals surface area contributed by atoms with Gasteiger partial charge in [0.1, 0.15) is 40.4 Å². The lowest BCUT2D eigenvalue weighted by Gasteiger charge is -2.19. The van der Waals surface area contributed by atoms with Gasteiger partial charge in [0, 0.05) is 51.0 Å². The molecule has 0 radical (unpaired) electrons. The van der Waals surface area contributed by atoms with E-state index in [1.54, 1.807) is 60.7 Å². The standard InChI is InChI=1S/C34H32F2N2O3.C29H29BrFNO3.C6H6BFO2/c35-25-13-9-22(10-14-25)30-20-26(15-17-32(30)41-28-7-3-4-8-28)38-34(39)23-11-16-31(40-27-5-1-2-6-27)29(19-23)24-12-18-33(36)37-21-24;30-26-17-20(11-15-28(26)35-24-7-3-4-8-24)29(33)32-22-14-16-27(34-23-5-1-2-6-23)25(18-22)19-9-12-21(31)13-10-19;8-6-3-1-5(2-4-6)7(9)10/h9-21,27-28H,1-8H2,(H,38,39);9-18,23-24H,1-8H2,(H,32,33);1-4,9-10H. The Kier molecular flexibility index (Phi) is 20.9. The van der Waals surface area contributed by atoms with Crippen molar-refractivity contribution in [3.05, 3.63) is 203 Å². The van der Waals surface area contributed by atoms with Crippen molar-refractivity contribution in [2.24, 2.45) is 0 Å². The van der Waals surface area contributed by atoms with E-state index in [4.69, 9.17) is 29.0 Å². The van der Waals surface area contributed by atoms with Gasteiger partial charge in [-0.2, -0.15) is 4.39 Å². The van der Waals surface area contributed by atoms with Crippen LogP contribution in [0.25, 0.3) is 33.4 Å². The second-order valence-corrected chi connectivity index (χ2v) is 22.9. The van der Waals surface area contributed by atoms with Gasteiger partial charge in [-0.25, -0.2) is 18.2 Å². The van der Waals surface area contributed by atoms with Crippen molar-refractivity contribution < 1.29 is 56.1 Å². The lowest BCUT2D eigenvalue weighted by molar-refractivity contribution is 0.101. The van der Waals surface area contributed by atoms with Gasteiger partial charge in [0.2, 0.25) is 5.95 Å². The molecule has 0 aliphatic heterocycles. The molecule has 8 aromatic rings. The molecule has 0 unspecified atom stereocenters. The third-order valence-electron chi connectivity index (χ3n) is 15.8. The Bertz CT molecular complexity index is 3560. The number of amides is 2. The molecule has 4 fully saturated rings. The van der Waals surface area contributed by atoms with E-state index in [9.17, 15) is 27.2 Å². The molecule has 1 heterocycles. The fraction of sp³-hybridized carbons (Fsp3) is 0.290. The molecule has 0 atom stereocenters. The highest BCUT2D eigenvalue weighted by atomic mass is 79.9. The molecule has 2 amide bonds. The van der Waals surface area contributed by atoms with Crippen LogP contribution >= 0.6 is 15.9 Å². The SMILES string of the molecule is O=C(Nc1ccc(OC2CCCC2)c(-c2ccc(F)cc2)c1)c1ccc(OC2CCCC2)c(-c2ccc(F)nc2)c1.O=C(Nc1ccc(OC2CCCC2)c(-c2ccc(F)cc2)c1)c1ccc(OC2CCCC2)c(Br)c1.OB(O)c1ccc(F)cc1. The summed E-state index contributed by atoms with van der Waals surface area (Å²) in [6.45, 7) is 0. The summed E-state index contributed by atoms with van der Waals surface area (Å²) in [7, 11) is -1.51. The third kappa shape index (κ3) is 16.7. The number of carbonyl (C=O) groups excluding carboxylic acids is 2. The fourth-order valence-corrected chi connectivity index (χ4v) is 11.7. The molecule has 4 aliphatic carbocycles. The maximum atomic E-state index is 13.7. The Balaban J connectivity index is 0.000000166. The molecule has 17 heteroatoms. The largest absolute Gasteiger partial charge is 0.490 e. The van der Waals surface area contributed by atoms with E-state index in [-0.39, 0.29) is 53.7 Å². The molecule has 0 saturated heterocycles. The summed E-state index contributed by atoms with van der Waals surface area (Å²) in [4.78, 5) is 30.3. The number of pyridine rings is 1. The number of benzene rings is 7. The highest BCUT2D eigenvalue weighted by Gasteiger charge is 2.24. The lowest BCUT2D eigenvalue weighted by Crippen LogP contribution is -2.29. The van der Waals surface area contributed by atoms with Crippen molar-refractivity contribution in [1.82, 2.24) is 4.98 Å². The molecule has 12 rings (SSSR count). The highest BCUT2D eigenvalue weighted by molar-refractivity contribution is 9.10. The predicted octanol–water partition coefficient (Wildman–Crippen LogP) is 16.2. The van der Waals surface area contributed by atoms with Gasteiger partial charge in [-0.05, 0) is 257 Å². The highest BCUT2D eigenvalue weighted by Crippen LogP contribution is 2.40. The Hall–Kier alpha value is -7.99. The molecule has 1 aromatic heterocycles. The fourth-order valence-electron chi connectivity index (χ4n) is 11.2. The number of hydrogen-bond donors (Lipinski definition) is 4. The Morgan fingerprint density at radius 3 is 1.16 bits per heavy atom. The molecule has 11 nitrogen and oxygen atoms in total. The second kappa shape index (κ2) is 29.4. The van der Waals surface area contributed by atoms with Crippen LogP contribution in [-0.4, -0.2) is 58.4 Å². The van der Waals surface area contributed by atoms with Crippen molar-refractivity contribution in [3.63, 3.8) is 0 Å². The van der Waals surface area contributed by atoms with E-state index < -0.39 is 13.1 Å². The van der Waals surface area contributed by atoms with Crippen LogP contribution in [0.1, 0.15) is 123 Å². The number of aromatic nitrogens is 1. The summed E-state index contributed by atoms with van der Waals surface area (Å²) in [5, 5.41) is 23.1. The zero-order chi connectivity index (χ0) is 59.9. The monoisotopic (exact) mass is 1230 g/mol. The number of ether oxygens (including phenoxy) is 4. The quantitative estimate of drug-likeness (QED) is 0.0421. The third-order valence-corrected chi connectivity index (χ3v) is 16.4. The van der Waals surface area contributed by atoms with Crippen molar-refractivity contribution >= 4 is 51.7 Å². The topological polar surface area (TPSA) is 148 Å². The smallest absolute Gasteiger partial charge is 0.488 e. The van der Waals surface area contributed by atoms with Crippen LogP contribution in [0.5, 0.6) is 23.0 Å². The summed E-state index contributed by atoms with van der Waals surface area (Å²) in [5.74, 6) is 0.790. The zero-order valence-corrected chi connectivity index (χ0v) is 49.1. The normalized spacial score (nSPS) is 15.2. The van der Waals surface area contributed by atoms with E-state index in [1.807, 2.05) is 42.5 Å². The van der Waals surface area contributed by atoms with Gasteiger partial charge in [-0.1, -0.05) is 36.4 Å². The first kappa shape index (κ1) is 61.1. The summed E-state index contributed by atoms with van der Waals surface area (Å²) < 4.78 is 78.7. The summed E-state index contributed by atoms with van der Waals surface area (Å²) in [6, 6.07) is 42.4. The number of carbonyl (C=O) groups is 2. The van der Waals surface area contributed by atoms with Gasteiger partial charge in [0.25, 0.3) is 11.8 Å². The maximum Gasteiger partial charge on any atom is 0.488 e. The van der Waals surface area contributed by atoms with Crippen LogP contribution in [0.4, 0.5) is 28.9 Å². The van der Waals surface area contributed by atoms with Crippen LogP contribution in [-0.2, 0) is 0 Å². The maximum absolute atomic E-state index is 13.7. The van der Waals surface area contributed by atoms with E-state index in [2.05, 4.69) is 31.5 Å². The summed E-state index contributed by atoms with van der Waals surface area (Å²) >= 11 is 3.56. The number of rotatable bonds is 16. The van der Waals surface area contributed by atoms with Crippen molar-refractivity contribution in [2.75, 3.05) is 10.6 Å². The van der Waals surface area contributed by atoms with Crippen LogP contribution < -0.4 is 35.0 Å². The van der Waals surface area contributed by atoms with Crippen LogP contribution in [0.15, 0.2) is 168 Å². The molecule has 444 valence electrons. The van der Waals surface area contributed by atoms with Gasteiger partial charge in [0.15, 0.2) is 0 Å². The van der Waals surface area contributed by atoms with Gasteiger partial charge in [-0.15, -0.1) is 0 Å².